The predicted molar refractivity (Wildman–Crippen MR) is 54.2 cm³/mol. The van der Waals surface area contributed by atoms with Crippen LogP contribution in [0.5, 0.6) is 0 Å². The van der Waals surface area contributed by atoms with E-state index in [1.165, 1.54) is 0 Å². The van der Waals surface area contributed by atoms with Gasteiger partial charge in [-0.05, 0) is 0 Å². The van der Waals surface area contributed by atoms with Crippen molar-refractivity contribution in [2.24, 2.45) is 0 Å². The van der Waals surface area contributed by atoms with Crippen LogP contribution in [0.2, 0.25) is 0 Å². The minimum Gasteiger partial charge on any atom is -0.203 e. The molecule has 0 radical (unpaired) electrons. The zero-order valence-corrected chi connectivity index (χ0v) is 11.6. The molecule has 0 nitrogen and oxygen atoms in total. The van der Waals surface area contributed by atoms with E-state index in [0.29, 0.717) is 0 Å². The lowest BCUT2D eigenvalue weighted by Gasteiger charge is -2.39. The van der Waals surface area contributed by atoms with E-state index in [4.69, 9.17) is 0 Å². The van der Waals surface area contributed by atoms with Gasteiger partial charge in [0.1, 0.15) is 0 Å². The number of halogens is 13. The van der Waals surface area contributed by atoms with Gasteiger partial charge in [0.25, 0.3) is 0 Å². The minimum absolute atomic E-state index is 0.909. The summed E-state index contributed by atoms with van der Waals surface area (Å²) in [6.45, 7) is 0. The van der Waals surface area contributed by atoms with Gasteiger partial charge >= 0.3 is 36.0 Å². The van der Waals surface area contributed by atoms with Gasteiger partial charge in [0.2, 0.25) is 0 Å². The molecule has 0 unspecified atom stereocenters. The molecule has 0 spiro atoms. The molecule has 0 saturated heterocycles. The Hall–Kier alpha value is -0.110. The third-order valence-corrected chi connectivity index (χ3v) is 2.89. The second-order valence-electron chi connectivity index (χ2n) is 3.79. The van der Waals surface area contributed by atoms with Crippen LogP contribution >= 0.6 is 22.6 Å². The topological polar surface area (TPSA) is 0 Å². The summed E-state index contributed by atoms with van der Waals surface area (Å²) in [6.07, 6.45) is -7.51. The summed E-state index contributed by atoms with van der Waals surface area (Å²) in [5, 5.41) is 0. The zero-order valence-electron chi connectivity index (χ0n) is 9.41. The molecule has 0 rings (SSSR count). The standard InChI is InChI=1S/C8H5F12I/c9-3(10)5(13,14)7(17,18)8(19,20)6(15,16)4(11,12)1-2-21/h3H,1-2H2. The Balaban J connectivity index is 5.96. The van der Waals surface area contributed by atoms with Gasteiger partial charge in [-0.2, -0.15) is 43.9 Å². The van der Waals surface area contributed by atoms with E-state index in [0.717, 1.165) is 22.6 Å². The molecule has 0 aliphatic rings. The summed E-state index contributed by atoms with van der Waals surface area (Å²) in [4.78, 5) is 0. The van der Waals surface area contributed by atoms with Crippen LogP contribution in [-0.4, -0.2) is 40.5 Å². The van der Waals surface area contributed by atoms with E-state index in [1.807, 2.05) is 0 Å². The van der Waals surface area contributed by atoms with Crippen molar-refractivity contribution in [2.45, 2.75) is 42.5 Å². The van der Waals surface area contributed by atoms with Crippen LogP contribution in [0.25, 0.3) is 0 Å². The first-order valence-corrected chi connectivity index (χ1v) is 6.26. The molecule has 0 fully saturated rings. The number of hydrogen-bond donors (Lipinski definition) is 0. The molecule has 0 aromatic carbocycles. The third-order valence-electron chi connectivity index (χ3n) is 2.35. The van der Waals surface area contributed by atoms with Gasteiger partial charge < -0.3 is 0 Å². The van der Waals surface area contributed by atoms with E-state index in [-0.39, 0.29) is 0 Å². The molecule has 128 valence electrons. The van der Waals surface area contributed by atoms with Crippen LogP contribution in [0.3, 0.4) is 0 Å². The zero-order chi connectivity index (χ0) is 17.5. The Kier molecular flexibility index (Phi) is 5.80. The second-order valence-corrected chi connectivity index (χ2v) is 4.87. The summed E-state index contributed by atoms with van der Waals surface area (Å²) in [5.41, 5.74) is 0. The molecule has 0 heterocycles. The number of rotatable bonds is 7. The molecule has 0 N–H and O–H groups in total. The molecule has 0 aliphatic carbocycles. The van der Waals surface area contributed by atoms with Gasteiger partial charge in [0.05, 0.1) is 0 Å². The molecule has 0 saturated carbocycles. The normalized spacial score (nSPS) is 15.7. The van der Waals surface area contributed by atoms with Crippen LogP contribution in [0.15, 0.2) is 0 Å². The molecule has 0 aromatic heterocycles. The fraction of sp³-hybridized carbons (Fsp3) is 1.00. The highest BCUT2D eigenvalue weighted by Gasteiger charge is 2.87. The summed E-state index contributed by atoms with van der Waals surface area (Å²) >= 11 is 1.01. The van der Waals surface area contributed by atoms with Gasteiger partial charge in [-0.3, -0.25) is 0 Å². The molecule has 21 heavy (non-hydrogen) atoms. The summed E-state index contributed by atoms with van der Waals surface area (Å²) in [5.74, 6) is -34.5. The van der Waals surface area contributed by atoms with Gasteiger partial charge in [-0.1, -0.05) is 22.6 Å². The maximum absolute atomic E-state index is 12.9. The van der Waals surface area contributed by atoms with Gasteiger partial charge in [-0.25, -0.2) is 8.78 Å². The monoisotopic (exact) mass is 456 g/mol. The smallest absolute Gasteiger partial charge is 0.203 e. The SMILES string of the molecule is FC(F)C(F)(F)C(F)(F)C(F)(F)C(F)(F)C(F)(F)CCI. The van der Waals surface area contributed by atoms with E-state index < -0.39 is 46.9 Å². The molecule has 0 aromatic rings. The van der Waals surface area contributed by atoms with Crippen molar-refractivity contribution in [3.05, 3.63) is 0 Å². The van der Waals surface area contributed by atoms with Crippen LogP contribution in [0.1, 0.15) is 6.42 Å². The minimum atomic E-state index is -7.41. The highest BCUT2D eigenvalue weighted by atomic mass is 127. The van der Waals surface area contributed by atoms with Crippen molar-refractivity contribution in [2.75, 3.05) is 4.43 Å². The van der Waals surface area contributed by atoms with E-state index in [1.54, 1.807) is 0 Å². The Bertz CT molecular complexity index is 362. The van der Waals surface area contributed by atoms with Crippen LogP contribution in [-0.2, 0) is 0 Å². The molecule has 0 aliphatic heterocycles. The first-order valence-electron chi connectivity index (χ1n) is 4.74. The lowest BCUT2D eigenvalue weighted by molar-refractivity contribution is -0.412. The molecular weight excluding hydrogens is 451 g/mol. The van der Waals surface area contributed by atoms with Crippen molar-refractivity contribution >= 4 is 22.6 Å². The van der Waals surface area contributed by atoms with Crippen LogP contribution < -0.4 is 0 Å². The summed E-state index contributed by atoms with van der Waals surface area (Å²) in [6, 6.07) is 0. The van der Waals surface area contributed by atoms with Crippen LogP contribution in [0, 0.1) is 0 Å². The van der Waals surface area contributed by atoms with Crippen molar-refractivity contribution in [3.63, 3.8) is 0 Å². The van der Waals surface area contributed by atoms with Crippen molar-refractivity contribution in [1.82, 2.24) is 0 Å². The van der Waals surface area contributed by atoms with Gasteiger partial charge in [-0.15, -0.1) is 0 Å². The molecular formula is C8H5F12I. The lowest BCUT2D eigenvalue weighted by Crippen LogP contribution is -2.68. The summed E-state index contributed by atoms with van der Waals surface area (Å²) < 4.78 is 150. The Morgan fingerprint density at radius 2 is 1.05 bits per heavy atom. The Labute approximate surface area is 123 Å². The molecule has 0 atom stereocenters. The van der Waals surface area contributed by atoms with Crippen molar-refractivity contribution < 1.29 is 52.7 Å². The molecule has 0 amide bonds. The van der Waals surface area contributed by atoms with E-state index in [9.17, 15) is 52.7 Å². The second kappa shape index (κ2) is 5.83. The maximum Gasteiger partial charge on any atom is 0.384 e. The van der Waals surface area contributed by atoms with Crippen LogP contribution in [0.4, 0.5) is 52.7 Å². The predicted octanol–water partition coefficient (Wildman–Crippen LogP) is 5.25. The Morgan fingerprint density at radius 1 is 0.667 bits per heavy atom. The van der Waals surface area contributed by atoms with E-state index in [2.05, 4.69) is 0 Å². The quantitative estimate of drug-likeness (QED) is 0.279. The molecule has 13 heteroatoms. The van der Waals surface area contributed by atoms with Gasteiger partial charge in [0, 0.05) is 10.8 Å². The summed E-state index contributed by atoms with van der Waals surface area (Å²) in [7, 11) is 0. The maximum atomic E-state index is 12.9. The number of alkyl halides is 13. The lowest BCUT2D eigenvalue weighted by atomic mass is 9.93. The fourth-order valence-electron chi connectivity index (χ4n) is 1.05. The third kappa shape index (κ3) is 3.02. The first kappa shape index (κ1) is 20.9. The number of hydrogen-bond acceptors (Lipinski definition) is 0. The van der Waals surface area contributed by atoms with Crippen molar-refractivity contribution in [3.8, 4) is 0 Å². The largest absolute Gasteiger partial charge is 0.384 e. The highest BCUT2D eigenvalue weighted by Crippen LogP contribution is 2.58. The van der Waals surface area contributed by atoms with Gasteiger partial charge in [0.15, 0.2) is 0 Å². The van der Waals surface area contributed by atoms with E-state index >= 15 is 0 Å². The molecule has 0 bridgehead atoms. The first-order chi connectivity index (χ1) is 9.00. The van der Waals surface area contributed by atoms with Crippen molar-refractivity contribution in [1.29, 1.82) is 0 Å². The average Bonchev–Trinajstić information content (AvgIpc) is 2.27. The highest BCUT2D eigenvalue weighted by molar-refractivity contribution is 14.1. The Morgan fingerprint density at radius 3 is 1.33 bits per heavy atom. The fourth-order valence-corrected chi connectivity index (χ4v) is 1.73. The average molecular weight is 456 g/mol.